The first-order valence-corrected chi connectivity index (χ1v) is 8.98. The summed E-state index contributed by atoms with van der Waals surface area (Å²) in [4.78, 5) is 6.09. The van der Waals surface area contributed by atoms with Crippen LogP contribution in [0.25, 0.3) is 10.6 Å². The Morgan fingerprint density at radius 3 is 3.10 bits per heavy atom. The summed E-state index contributed by atoms with van der Waals surface area (Å²) in [7, 11) is 0. The molecule has 0 amide bonds. The largest absolute Gasteiger partial charge is 0.309 e. The van der Waals surface area contributed by atoms with Crippen LogP contribution >= 0.6 is 27.3 Å². The number of nitrogens with zero attached hydrogens (tertiary/aromatic N) is 1. The highest BCUT2D eigenvalue weighted by molar-refractivity contribution is 9.10. The maximum Gasteiger partial charge on any atom is 0.138 e. The Balaban J connectivity index is 1.91. The summed E-state index contributed by atoms with van der Waals surface area (Å²) >= 11 is 4.90. The molecule has 1 N–H and O–H groups in total. The predicted octanol–water partition coefficient (Wildman–Crippen LogP) is 5.09. The average molecular weight is 369 g/mol. The molecule has 1 atom stereocenters. The van der Waals surface area contributed by atoms with E-state index in [1.165, 1.54) is 23.4 Å². The molecule has 0 bridgehead atoms. The van der Waals surface area contributed by atoms with Crippen molar-refractivity contribution in [3.05, 3.63) is 39.1 Å². The number of benzene rings is 1. The van der Waals surface area contributed by atoms with Gasteiger partial charge < -0.3 is 5.32 Å². The van der Waals surface area contributed by atoms with E-state index in [0.717, 1.165) is 30.0 Å². The lowest BCUT2D eigenvalue weighted by molar-refractivity contribution is 0.465. The molecule has 0 fully saturated rings. The lowest BCUT2D eigenvalue weighted by atomic mass is 9.98. The minimum absolute atomic E-state index is 0.235. The third-order valence-electron chi connectivity index (χ3n) is 3.76. The van der Waals surface area contributed by atoms with Gasteiger partial charge in [0.15, 0.2) is 0 Å². The quantitative estimate of drug-likeness (QED) is 0.812. The number of fused-ring (bicyclic) bond motifs is 1. The van der Waals surface area contributed by atoms with E-state index >= 15 is 0 Å². The molecule has 1 aromatic heterocycles. The standard InChI is InChI=1S/C16H18BrFN2S/c1-2-8-19-13-4-3-5-14-15(13)21-16(20-14)10-6-7-11(17)12(18)9-10/h6-7,9,13,19H,2-5,8H2,1H3. The summed E-state index contributed by atoms with van der Waals surface area (Å²) in [5, 5.41) is 4.53. The van der Waals surface area contributed by atoms with Crippen molar-refractivity contribution in [1.82, 2.24) is 10.3 Å². The highest BCUT2D eigenvalue weighted by Gasteiger charge is 2.24. The number of aryl methyl sites for hydroxylation is 1. The van der Waals surface area contributed by atoms with E-state index in [1.807, 2.05) is 6.07 Å². The Morgan fingerprint density at radius 1 is 1.48 bits per heavy atom. The number of thiazole rings is 1. The van der Waals surface area contributed by atoms with E-state index in [0.29, 0.717) is 10.5 Å². The molecule has 2 aromatic rings. The van der Waals surface area contributed by atoms with Gasteiger partial charge in [-0.05, 0) is 60.3 Å². The Labute approximate surface area is 136 Å². The van der Waals surface area contributed by atoms with Gasteiger partial charge in [0.05, 0.1) is 10.2 Å². The van der Waals surface area contributed by atoms with Crippen molar-refractivity contribution in [2.75, 3.05) is 6.54 Å². The van der Waals surface area contributed by atoms with Crippen molar-refractivity contribution < 1.29 is 4.39 Å². The molecule has 0 aliphatic heterocycles. The van der Waals surface area contributed by atoms with E-state index in [-0.39, 0.29) is 5.82 Å². The van der Waals surface area contributed by atoms with Crippen LogP contribution in [-0.4, -0.2) is 11.5 Å². The van der Waals surface area contributed by atoms with E-state index in [2.05, 4.69) is 28.2 Å². The van der Waals surface area contributed by atoms with Crippen LogP contribution in [0, 0.1) is 5.82 Å². The second-order valence-corrected chi connectivity index (χ2v) is 7.24. The highest BCUT2D eigenvalue weighted by atomic mass is 79.9. The number of aromatic nitrogens is 1. The Hall–Kier alpha value is -0.780. The van der Waals surface area contributed by atoms with Crippen LogP contribution < -0.4 is 5.32 Å². The number of hydrogen-bond acceptors (Lipinski definition) is 3. The first-order valence-electron chi connectivity index (χ1n) is 7.37. The van der Waals surface area contributed by atoms with Crippen molar-refractivity contribution in [2.45, 2.75) is 38.6 Å². The number of hydrogen-bond donors (Lipinski definition) is 1. The number of halogens is 2. The Kier molecular flexibility index (Phi) is 4.72. The van der Waals surface area contributed by atoms with Crippen LogP contribution in [0.1, 0.15) is 42.8 Å². The van der Waals surface area contributed by atoms with Crippen LogP contribution in [0.5, 0.6) is 0 Å². The van der Waals surface area contributed by atoms with Gasteiger partial charge in [-0.2, -0.15) is 0 Å². The van der Waals surface area contributed by atoms with Gasteiger partial charge >= 0.3 is 0 Å². The van der Waals surface area contributed by atoms with Crippen LogP contribution in [0.2, 0.25) is 0 Å². The molecule has 1 aliphatic rings. The zero-order chi connectivity index (χ0) is 14.8. The normalized spacial score (nSPS) is 17.8. The predicted molar refractivity (Wildman–Crippen MR) is 89.2 cm³/mol. The van der Waals surface area contributed by atoms with Crippen LogP contribution in [0.3, 0.4) is 0 Å². The van der Waals surface area contributed by atoms with Crippen LogP contribution in [-0.2, 0) is 6.42 Å². The summed E-state index contributed by atoms with van der Waals surface area (Å²) < 4.78 is 14.2. The highest BCUT2D eigenvalue weighted by Crippen LogP contribution is 2.38. The lowest BCUT2D eigenvalue weighted by Gasteiger charge is -2.22. The van der Waals surface area contributed by atoms with Crippen molar-refractivity contribution >= 4 is 27.3 Å². The van der Waals surface area contributed by atoms with Crippen LogP contribution in [0.4, 0.5) is 4.39 Å². The number of nitrogens with one attached hydrogen (secondary N) is 1. The summed E-state index contributed by atoms with van der Waals surface area (Å²) in [5.41, 5.74) is 2.06. The van der Waals surface area contributed by atoms with Gasteiger partial charge in [-0.25, -0.2) is 9.37 Å². The topological polar surface area (TPSA) is 24.9 Å². The fourth-order valence-electron chi connectivity index (χ4n) is 2.69. The summed E-state index contributed by atoms with van der Waals surface area (Å²) in [6, 6.07) is 5.65. The van der Waals surface area contributed by atoms with Gasteiger partial charge in [0.25, 0.3) is 0 Å². The molecule has 0 saturated heterocycles. The van der Waals surface area contributed by atoms with Crippen molar-refractivity contribution in [3.8, 4) is 10.6 Å². The van der Waals surface area contributed by atoms with Gasteiger partial charge in [0.2, 0.25) is 0 Å². The fourth-order valence-corrected chi connectivity index (χ4v) is 4.15. The monoisotopic (exact) mass is 368 g/mol. The van der Waals surface area contributed by atoms with E-state index in [9.17, 15) is 4.39 Å². The maximum atomic E-state index is 13.7. The minimum atomic E-state index is -0.235. The molecule has 1 unspecified atom stereocenters. The van der Waals surface area contributed by atoms with E-state index < -0.39 is 0 Å². The molecule has 1 aliphatic carbocycles. The summed E-state index contributed by atoms with van der Waals surface area (Å²) in [5.74, 6) is -0.235. The van der Waals surface area contributed by atoms with Crippen LogP contribution in [0.15, 0.2) is 22.7 Å². The molecule has 1 heterocycles. The first kappa shape index (κ1) is 15.1. The van der Waals surface area contributed by atoms with Gasteiger partial charge in [0.1, 0.15) is 10.8 Å². The summed E-state index contributed by atoms with van der Waals surface area (Å²) in [6.45, 7) is 3.21. The zero-order valence-electron chi connectivity index (χ0n) is 12.0. The van der Waals surface area contributed by atoms with E-state index in [4.69, 9.17) is 4.98 Å². The van der Waals surface area contributed by atoms with Crippen molar-refractivity contribution in [2.24, 2.45) is 0 Å². The third-order valence-corrected chi connectivity index (χ3v) is 5.66. The fraction of sp³-hybridized carbons (Fsp3) is 0.438. The second-order valence-electron chi connectivity index (χ2n) is 5.36. The lowest BCUT2D eigenvalue weighted by Crippen LogP contribution is -2.24. The smallest absolute Gasteiger partial charge is 0.138 e. The molecule has 1 aromatic carbocycles. The zero-order valence-corrected chi connectivity index (χ0v) is 14.4. The van der Waals surface area contributed by atoms with Gasteiger partial charge in [-0.1, -0.05) is 13.0 Å². The average Bonchev–Trinajstić information content (AvgIpc) is 2.92. The molecule has 2 nitrogen and oxygen atoms in total. The Bertz CT molecular complexity index is 641. The van der Waals surface area contributed by atoms with Crippen molar-refractivity contribution in [1.29, 1.82) is 0 Å². The molecule has 21 heavy (non-hydrogen) atoms. The molecule has 0 saturated carbocycles. The molecule has 3 rings (SSSR count). The van der Waals surface area contributed by atoms with Gasteiger partial charge in [0, 0.05) is 16.5 Å². The van der Waals surface area contributed by atoms with E-state index in [1.54, 1.807) is 23.5 Å². The molecule has 112 valence electrons. The molecule has 5 heteroatoms. The maximum absolute atomic E-state index is 13.7. The minimum Gasteiger partial charge on any atom is -0.309 e. The van der Waals surface area contributed by atoms with Crippen molar-refractivity contribution in [3.63, 3.8) is 0 Å². The second kappa shape index (κ2) is 6.55. The van der Waals surface area contributed by atoms with Gasteiger partial charge in [-0.3, -0.25) is 0 Å². The molecule has 0 radical (unpaired) electrons. The number of rotatable bonds is 4. The Morgan fingerprint density at radius 2 is 2.33 bits per heavy atom. The summed E-state index contributed by atoms with van der Waals surface area (Å²) in [6.07, 6.45) is 4.51. The molecular formula is C16H18BrFN2S. The molecule has 0 spiro atoms. The molecular weight excluding hydrogens is 351 g/mol. The van der Waals surface area contributed by atoms with Gasteiger partial charge in [-0.15, -0.1) is 11.3 Å². The SMILES string of the molecule is CCCNC1CCCc2nc(-c3ccc(Br)c(F)c3)sc21. The first-order chi connectivity index (χ1) is 10.2. The third kappa shape index (κ3) is 3.20.